The van der Waals surface area contributed by atoms with Crippen LogP contribution in [0.2, 0.25) is 0 Å². The van der Waals surface area contributed by atoms with E-state index in [1.165, 1.54) is 44.2 Å². The maximum Gasteiger partial charge on any atom is 0.135 e. The largest absolute Gasteiger partial charge is 0.379 e. The van der Waals surface area contributed by atoms with Crippen LogP contribution in [-0.2, 0) is 4.74 Å². The Hall–Kier alpha value is -3.26. The molecule has 2 aliphatic rings. The smallest absolute Gasteiger partial charge is 0.135 e. The van der Waals surface area contributed by atoms with Gasteiger partial charge in [0.15, 0.2) is 0 Å². The number of fused-ring (bicyclic) bond motifs is 1. The molecule has 0 radical (unpaired) electrons. The molecule has 1 aliphatic carbocycles. The number of nitrogens with zero attached hydrogens (tertiary/aromatic N) is 5. The van der Waals surface area contributed by atoms with Gasteiger partial charge in [0.05, 0.1) is 29.1 Å². The molecule has 0 N–H and O–H groups in total. The number of hydrogen-bond donors (Lipinski definition) is 0. The Morgan fingerprint density at radius 3 is 2.37 bits per heavy atom. The Morgan fingerprint density at radius 2 is 1.77 bits per heavy atom. The fourth-order valence-corrected chi connectivity index (χ4v) is 3.77. The minimum absolute atomic E-state index is 0.217. The van der Waals surface area contributed by atoms with Crippen molar-refractivity contribution >= 4 is 11.0 Å². The molecule has 4 aromatic rings. The normalized spacial score (nSPS) is 17.2. The Kier molecular flexibility index (Phi) is 8.13. The van der Waals surface area contributed by atoms with Crippen molar-refractivity contribution in [2.45, 2.75) is 65.0 Å². The van der Waals surface area contributed by atoms with E-state index in [9.17, 15) is 8.78 Å². The van der Waals surface area contributed by atoms with Crippen LogP contribution < -0.4 is 0 Å². The predicted octanol–water partition coefficient (Wildman–Crippen LogP) is 6.38. The monoisotopic (exact) mass is 479 g/mol. The molecule has 35 heavy (non-hydrogen) atoms. The van der Waals surface area contributed by atoms with Gasteiger partial charge in [-0.25, -0.2) is 18.7 Å². The molecular weight excluding hydrogens is 448 g/mol. The van der Waals surface area contributed by atoms with E-state index in [-0.39, 0.29) is 5.56 Å². The SMILES string of the molecule is CC1CCCCO1.Cc1nc2ccnc(-c3ccc(F)cc3F)c2nc1C.c1cnn(C2CC2)c1. The molecule has 1 atom stereocenters. The second-order valence-electron chi connectivity index (χ2n) is 8.94. The molecule has 2 fully saturated rings. The second-order valence-corrected chi connectivity index (χ2v) is 8.94. The van der Waals surface area contributed by atoms with E-state index in [4.69, 9.17) is 4.74 Å². The number of hydrogen-bond acceptors (Lipinski definition) is 5. The molecule has 6 nitrogen and oxygen atoms in total. The summed E-state index contributed by atoms with van der Waals surface area (Å²) in [5, 5.41) is 4.09. The van der Waals surface area contributed by atoms with Crippen molar-refractivity contribution in [1.82, 2.24) is 24.7 Å². The van der Waals surface area contributed by atoms with E-state index < -0.39 is 11.6 Å². The molecule has 1 saturated carbocycles. The van der Waals surface area contributed by atoms with Gasteiger partial charge in [-0.15, -0.1) is 0 Å². The first-order chi connectivity index (χ1) is 16.9. The summed E-state index contributed by atoms with van der Waals surface area (Å²) in [5.74, 6) is -1.28. The molecule has 1 aromatic carbocycles. The zero-order valence-corrected chi connectivity index (χ0v) is 20.4. The highest BCUT2D eigenvalue weighted by Gasteiger charge is 2.23. The van der Waals surface area contributed by atoms with Gasteiger partial charge in [0.25, 0.3) is 0 Å². The number of rotatable bonds is 2. The number of aryl methyl sites for hydroxylation is 2. The first kappa shape index (κ1) is 24.9. The molecule has 6 rings (SSSR count). The molecule has 1 aliphatic heterocycles. The Labute approximate surface area is 204 Å². The molecule has 0 bridgehead atoms. The van der Waals surface area contributed by atoms with E-state index in [1.54, 1.807) is 12.3 Å². The number of aromatic nitrogens is 5. The average molecular weight is 480 g/mol. The topological polar surface area (TPSA) is 65.7 Å². The van der Waals surface area contributed by atoms with Crippen LogP contribution in [0.15, 0.2) is 48.9 Å². The number of halogens is 2. The van der Waals surface area contributed by atoms with Gasteiger partial charge in [-0.3, -0.25) is 9.67 Å². The molecule has 4 heterocycles. The summed E-state index contributed by atoms with van der Waals surface area (Å²) < 4.78 is 34.2. The number of ether oxygens (including phenoxy) is 1. The van der Waals surface area contributed by atoms with Crippen LogP contribution in [0.3, 0.4) is 0 Å². The van der Waals surface area contributed by atoms with E-state index in [1.807, 2.05) is 37.0 Å². The fraction of sp³-hybridized carbons (Fsp3) is 0.407. The summed E-state index contributed by atoms with van der Waals surface area (Å²) in [6.07, 6.45) is 12.5. The van der Waals surface area contributed by atoms with Gasteiger partial charge in [-0.05, 0) is 77.1 Å². The molecule has 8 heteroatoms. The fourth-order valence-electron chi connectivity index (χ4n) is 3.77. The van der Waals surface area contributed by atoms with E-state index in [0.29, 0.717) is 22.8 Å². The molecule has 0 amide bonds. The van der Waals surface area contributed by atoms with Crippen molar-refractivity contribution in [3.8, 4) is 11.3 Å². The van der Waals surface area contributed by atoms with Gasteiger partial charge >= 0.3 is 0 Å². The minimum atomic E-state index is -0.662. The van der Waals surface area contributed by atoms with Crippen LogP contribution in [0.4, 0.5) is 8.78 Å². The average Bonchev–Trinajstić information content (AvgIpc) is 3.55. The van der Waals surface area contributed by atoms with Crippen LogP contribution >= 0.6 is 0 Å². The van der Waals surface area contributed by atoms with Crippen LogP contribution in [0.5, 0.6) is 0 Å². The van der Waals surface area contributed by atoms with Crippen molar-refractivity contribution in [2.75, 3.05) is 6.61 Å². The van der Waals surface area contributed by atoms with Crippen molar-refractivity contribution in [2.24, 2.45) is 0 Å². The third-order valence-corrected chi connectivity index (χ3v) is 6.03. The minimum Gasteiger partial charge on any atom is -0.379 e. The molecule has 3 aromatic heterocycles. The lowest BCUT2D eigenvalue weighted by molar-refractivity contribution is 0.0285. The Morgan fingerprint density at radius 1 is 0.971 bits per heavy atom. The first-order valence-corrected chi connectivity index (χ1v) is 12.1. The van der Waals surface area contributed by atoms with E-state index in [0.717, 1.165) is 30.1 Å². The van der Waals surface area contributed by atoms with Gasteiger partial charge in [-0.1, -0.05) is 0 Å². The second kappa shape index (κ2) is 11.4. The van der Waals surface area contributed by atoms with Crippen molar-refractivity contribution < 1.29 is 13.5 Å². The summed E-state index contributed by atoms with van der Waals surface area (Å²) in [6, 6.07) is 7.84. The molecule has 1 saturated heterocycles. The summed E-state index contributed by atoms with van der Waals surface area (Å²) in [7, 11) is 0. The standard InChI is InChI=1S/C15H11F2N3.C6H8N2.C6H12O/c1-8-9(2)20-15-13(19-8)5-6-18-14(15)11-4-3-10(16)7-12(11)17;1-4-7-8(5-1)6-2-3-6;1-6-4-2-3-5-7-6/h3-7H,1-2H3;1,4-6H,2-3H2;6H,2-5H2,1H3. The maximum atomic E-state index is 13.9. The third-order valence-electron chi connectivity index (χ3n) is 6.03. The lowest BCUT2D eigenvalue weighted by atomic mass is 10.1. The zero-order valence-electron chi connectivity index (χ0n) is 20.4. The van der Waals surface area contributed by atoms with Crippen molar-refractivity contribution in [3.63, 3.8) is 0 Å². The zero-order chi connectivity index (χ0) is 24.8. The number of benzene rings is 1. The molecule has 1 unspecified atom stereocenters. The quantitative estimate of drug-likeness (QED) is 0.334. The van der Waals surface area contributed by atoms with Crippen LogP contribution in [0, 0.1) is 25.5 Å². The predicted molar refractivity (Wildman–Crippen MR) is 132 cm³/mol. The first-order valence-electron chi connectivity index (χ1n) is 12.1. The summed E-state index contributed by atoms with van der Waals surface area (Å²) in [5.41, 5.74) is 3.32. The van der Waals surface area contributed by atoms with Crippen LogP contribution in [0.1, 0.15) is 56.5 Å². The Bertz CT molecular complexity index is 1250. The summed E-state index contributed by atoms with van der Waals surface area (Å²) in [6.45, 7) is 6.82. The van der Waals surface area contributed by atoms with Crippen molar-refractivity contribution in [1.29, 1.82) is 0 Å². The summed E-state index contributed by atoms with van der Waals surface area (Å²) in [4.78, 5) is 13.0. The highest BCUT2D eigenvalue weighted by molar-refractivity contribution is 5.89. The van der Waals surface area contributed by atoms with Crippen LogP contribution in [-0.4, -0.2) is 37.4 Å². The lowest BCUT2D eigenvalue weighted by Crippen LogP contribution is -2.14. The van der Waals surface area contributed by atoms with E-state index in [2.05, 4.69) is 27.0 Å². The molecule has 184 valence electrons. The third kappa shape index (κ3) is 6.66. The molecule has 0 spiro atoms. The maximum absolute atomic E-state index is 13.9. The lowest BCUT2D eigenvalue weighted by Gasteiger charge is -2.17. The molecular formula is C27H31F2N5O. The van der Waals surface area contributed by atoms with Gasteiger partial charge in [0.2, 0.25) is 0 Å². The highest BCUT2D eigenvalue weighted by Crippen LogP contribution is 2.33. The summed E-state index contributed by atoms with van der Waals surface area (Å²) >= 11 is 0. The van der Waals surface area contributed by atoms with Gasteiger partial charge in [-0.2, -0.15) is 5.10 Å². The van der Waals surface area contributed by atoms with Crippen molar-refractivity contribution in [3.05, 3.63) is 71.9 Å². The van der Waals surface area contributed by atoms with Gasteiger partial charge < -0.3 is 4.74 Å². The highest BCUT2D eigenvalue weighted by atomic mass is 19.1. The van der Waals surface area contributed by atoms with Crippen LogP contribution in [0.25, 0.3) is 22.3 Å². The Balaban J connectivity index is 0.000000156. The number of pyridine rings is 1. The van der Waals surface area contributed by atoms with Gasteiger partial charge in [0.1, 0.15) is 22.8 Å². The van der Waals surface area contributed by atoms with Gasteiger partial charge in [0, 0.05) is 36.8 Å². The van der Waals surface area contributed by atoms with E-state index >= 15 is 0 Å².